The zero-order valence-electron chi connectivity index (χ0n) is 16.0. The maximum atomic E-state index is 13.8. The fourth-order valence-corrected chi connectivity index (χ4v) is 4.37. The summed E-state index contributed by atoms with van der Waals surface area (Å²) < 4.78 is 16.6. The van der Waals surface area contributed by atoms with Gasteiger partial charge in [-0.15, -0.1) is 11.3 Å². The van der Waals surface area contributed by atoms with E-state index in [1.807, 2.05) is 41.3 Å². The second-order valence-electron chi connectivity index (χ2n) is 6.78. The average Bonchev–Trinajstić information content (AvgIpc) is 3.35. The van der Waals surface area contributed by atoms with Crippen molar-refractivity contribution >= 4 is 33.2 Å². The fourth-order valence-electron chi connectivity index (χ4n) is 3.16. The van der Waals surface area contributed by atoms with Gasteiger partial charge in [-0.3, -0.25) is 4.79 Å². The lowest BCUT2D eigenvalue weighted by Gasteiger charge is -2.19. The van der Waals surface area contributed by atoms with Crippen LogP contribution in [-0.4, -0.2) is 20.4 Å². The lowest BCUT2D eigenvalue weighted by molar-refractivity contribution is -0.121. The number of hydrogen-bond acceptors (Lipinski definition) is 4. The second kappa shape index (κ2) is 8.89. The standard InChI is InChI=1S/C22H18BrFN4OS/c1-28-9-8-25-21(28)20(14-4-3-7-17(24)11-14)27-19(29)12-18-13-30-22(26-18)15-5-2-6-16(23)10-15/h2-11,13,20H,12H2,1H3,(H,27,29). The number of nitrogens with zero attached hydrogens (tertiary/aromatic N) is 3. The van der Waals surface area contributed by atoms with Crippen LogP contribution >= 0.6 is 27.3 Å². The lowest BCUT2D eigenvalue weighted by atomic mass is 10.1. The predicted octanol–water partition coefficient (Wildman–Crippen LogP) is 4.89. The second-order valence-corrected chi connectivity index (χ2v) is 8.56. The van der Waals surface area contributed by atoms with Gasteiger partial charge in [-0.05, 0) is 29.8 Å². The molecule has 0 bridgehead atoms. The zero-order chi connectivity index (χ0) is 21.1. The van der Waals surface area contributed by atoms with Crippen molar-refractivity contribution in [2.45, 2.75) is 12.5 Å². The highest BCUT2D eigenvalue weighted by molar-refractivity contribution is 9.10. The van der Waals surface area contributed by atoms with Crippen molar-refractivity contribution in [2.75, 3.05) is 0 Å². The molecule has 0 saturated carbocycles. The fraction of sp³-hybridized carbons (Fsp3) is 0.136. The van der Waals surface area contributed by atoms with Crippen LogP contribution in [0.1, 0.15) is 23.1 Å². The van der Waals surface area contributed by atoms with Crippen molar-refractivity contribution in [3.63, 3.8) is 0 Å². The normalized spacial score (nSPS) is 12.0. The van der Waals surface area contributed by atoms with Crippen molar-refractivity contribution < 1.29 is 9.18 Å². The molecule has 1 atom stereocenters. The first-order valence-corrected chi connectivity index (χ1v) is 10.9. The number of benzene rings is 2. The van der Waals surface area contributed by atoms with E-state index in [0.717, 1.165) is 15.0 Å². The highest BCUT2D eigenvalue weighted by atomic mass is 79.9. The van der Waals surface area contributed by atoms with Crippen LogP contribution in [0.2, 0.25) is 0 Å². The van der Waals surface area contributed by atoms with Crippen LogP contribution in [0.25, 0.3) is 10.6 Å². The molecule has 0 aliphatic carbocycles. The van der Waals surface area contributed by atoms with E-state index in [2.05, 4.69) is 31.2 Å². The van der Waals surface area contributed by atoms with Crippen molar-refractivity contribution in [2.24, 2.45) is 7.05 Å². The van der Waals surface area contributed by atoms with Crippen molar-refractivity contribution in [1.82, 2.24) is 19.9 Å². The van der Waals surface area contributed by atoms with Gasteiger partial charge in [0.1, 0.15) is 22.7 Å². The van der Waals surface area contributed by atoms with Gasteiger partial charge in [0.2, 0.25) is 5.91 Å². The molecule has 0 aliphatic heterocycles. The summed E-state index contributed by atoms with van der Waals surface area (Å²) in [4.78, 5) is 21.7. The van der Waals surface area contributed by atoms with Crippen molar-refractivity contribution in [1.29, 1.82) is 0 Å². The minimum atomic E-state index is -0.559. The molecule has 5 nitrogen and oxygen atoms in total. The Labute approximate surface area is 185 Å². The highest BCUT2D eigenvalue weighted by Gasteiger charge is 2.22. The van der Waals surface area contributed by atoms with Crippen LogP contribution in [0, 0.1) is 5.82 Å². The summed E-state index contributed by atoms with van der Waals surface area (Å²) in [7, 11) is 1.84. The molecule has 1 N–H and O–H groups in total. The molecule has 0 fully saturated rings. The molecule has 1 amide bonds. The van der Waals surface area contributed by atoms with Gasteiger partial charge in [-0.1, -0.05) is 40.2 Å². The summed E-state index contributed by atoms with van der Waals surface area (Å²) in [5.41, 5.74) is 2.31. The molecule has 1 unspecified atom stereocenters. The summed E-state index contributed by atoms with van der Waals surface area (Å²) in [6, 6.07) is 13.5. The number of carbonyl (C=O) groups is 1. The maximum Gasteiger partial charge on any atom is 0.226 e. The van der Waals surface area contributed by atoms with Gasteiger partial charge >= 0.3 is 0 Å². The summed E-state index contributed by atoms with van der Waals surface area (Å²) in [6.07, 6.45) is 3.57. The number of aromatic nitrogens is 3. The van der Waals surface area contributed by atoms with Crippen LogP contribution in [0.15, 0.2) is 70.8 Å². The van der Waals surface area contributed by atoms with Crippen LogP contribution in [0.3, 0.4) is 0 Å². The van der Waals surface area contributed by atoms with Gasteiger partial charge in [0.15, 0.2) is 0 Å². The highest BCUT2D eigenvalue weighted by Crippen LogP contribution is 2.27. The SMILES string of the molecule is Cn1ccnc1C(NC(=O)Cc1csc(-c2cccc(Br)c2)n1)c1cccc(F)c1. The van der Waals surface area contributed by atoms with E-state index in [1.165, 1.54) is 23.5 Å². The first-order chi connectivity index (χ1) is 14.5. The Kier molecular flexibility index (Phi) is 6.06. The molecule has 152 valence electrons. The van der Waals surface area contributed by atoms with E-state index in [0.29, 0.717) is 17.1 Å². The molecule has 0 radical (unpaired) electrons. The third-order valence-electron chi connectivity index (χ3n) is 4.57. The van der Waals surface area contributed by atoms with Gasteiger partial charge in [0.05, 0.1) is 12.1 Å². The third-order valence-corrected chi connectivity index (χ3v) is 6.00. The van der Waals surface area contributed by atoms with E-state index < -0.39 is 6.04 Å². The Balaban J connectivity index is 1.53. The molecule has 4 rings (SSSR count). The number of hydrogen-bond donors (Lipinski definition) is 1. The summed E-state index contributed by atoms with van der Waals surface area (Å²) >= 11 is 4.96. The summed E-state index contributed by atoms with van der Waals surface area (Å²) in [5, 5.41) is 5.71. The Morgan fingerprint density at radius 1 is 1.27 bits per heavy atom. The molecule has 0 aliphatic rings. The number of amides is 1. The summed E-state index contributed by atoms with van der Waals surface area (Å²) in [6.45, 7) is 0. The number of rotatable bonds is 6. The number of halogens is 2. The maximum absolute atomic E-state index is 13.8. The molecule has 2 aromatic carbocycles. The number of aryl methyl sites for hydroxylation is 1. The first-order valence-electron chi connectivity index (χ1n) is 9.22. The number of imidazole rings is 1. The molecular weight excluding hydrogens is 467 g/mol. The molecule has 4 aromatic rings. The number of nitrogens with one attached hydrogen (secondary N) is 1. The van der Waals surface area contributed by atoms with E-state index in [4.69, 9.17) is 0 Å². The lowest BCUT2D eigenvalue weighted by Crippen LogP contribution is -2.32. The number of thiazole rings is 1. The topological polar surface area (TPSA) is 59.8 Å². The molecule has 0 spiro atoms. The zero-order valence-corrected chi connectivity index (χ0v) is 18.5. The average molecular weight is 485 g/mol. The summed E-state index contributed by atoms with van der Waals surface area (Å²) in [5.74, 6) is 0.0551. The van der Waals surface area contributed by atoms with E-state index >= 15 is 0 Å². The minimum Gasteiger partial charge on any atom is -0.342 e. The van der Waals surface area contributed by atoms with E-state index in [-0.39, 0.29) is 18.1 Å². The Hall–Kier alpha value is -2.84. The van der Waals surface area contributed by atoms with Crippen LogP contribution in [0.4, 0.5) is 4.39 Å². The Morgan fingerprint density at radius 2 is 2.10 bits per heavy atom. The quantitative estimate of drug-likeness (QED) is 0.423. The van der Waals surface area contributed by atoms with Crippen molar-refractivity contribution in [3.05, 3.63) is 93.7 Å². The molecule has 2 aromatic heterocycles. The molecular formula is C22H18BrFN4OS. The van der Waals surface area contributed by atoms with Gasteiger partial charge in [-0.25, -0.2) is 14.4 Å². The van der Waals surface area contributed by atoms with E-state index in [1.54, 1.807) is 24.5 Å². The number of carbonyl (C=O) groups excluding carboxylic acids is 1. The minimum absolute atomic E-state index is 0.126. The van der Waals surface area contributed by atoms with Gasteiger partial charge in [0.25, 0.3) is 0 Å². The third kappa shape index (κ3) is 4.66. The molecule has 30 heavy (non-hydrogen) atoms. The van der Waals surface area contributed by atoms with Gasteiger partial charge in [-0.2, -0.15) is 0 Å². The van der Waals surface area contributed by atoms with Gasteiger partial charge < -0.3 is 9.88 Å². The predicted molar refractivity (Wildman–Crippen MR) is 119 cm³/mol. The first kappa shape index (κ1) is 20.4. The smallest absolute Gasteiger partial charge is 0.226 e. The van der Waals surface area contributed by atoms with Crippen LogP contribution in [-0.2, 0) is 18.3 Å². The van der Waals surface area contributed by atoms with Crippen LogP contribution in [0.5, 0.6) is 0 Å². The Morgan fingerprint density at radius 3 is 2.83 bits per heavy atom. The van der Waals surface area contributed by atoms with E-state index in [9.17, 15) is 9.18 Å². The van der Waals surface area contributed by atoms with Crippen molar-refractivity contribution in [3.8, 4) is 10.6 Å². The van der Waals surface area contributed by atoms with Crippen LogP contribution < -0.4 is 5.32 Å². The monoisotopic (exact) mass is 484 g/mol. The molecule has 2 heterocycles. The largest absolute Gasteiger partial charge is 0.342 e. The molecule has 8 heteroatoms. The Bertz CT molecular complexity index is 1190. The molecule has 0 saturated heterocycles. The van der Waals surface area contributed by atoms with Gasteiger partial charge in [0, 0.05) is 34.9 Å².